The molecule has 0 saturated heterocycles. The molecule has 0 unspecified atom stereocenters. The minimum absolute atomic E-state index is 0.451. The van der Waals surface area contributed by atoms with E-state index in [4.69, 9.17) is 11.6 Å². The Labute approximate surface area is 120 Å². The lowest BCUT2D eigenvalue weighted by molar-refractivity contribution is -0.593. The highest BCUT2D eigenvalue weighted by atomic mass is 35.5. The van der Waals surface area contributed by atoms with Crippen LogP contribution in [0.4, 0.5) is 0 Å². The molecule has 0 aliphatic heterocycles. The summed E-state index contributed by atoms with van der Waals surface area (Å²) >= 11 is 6.12. The third kappa shape index (κ3) is 2.46. The fourth-order valence-corrected chi connectivity index (χ4v) is 2.11. The molecule has 0 atom stereocenters. The molecule has 0 bridgehead atoms. The number of hydrogen-bond donors (Lipinski definition) is 0. The highest BCUT2D eigenvalue weighted by Gasteiger charge is 2.12. The standard InChI is InChI=1S/C15H10ClN3O/c16-11-9-13(12-5-1-3-7-17-12)18-14(10-11)15-6-2-4-8-19(15)20/h1-10H. The van der Waals surface area contributed by atoms with Crippen LogP contribution < -0.4 is 4.73 Å². The Bertz CT molecular complexity index is 747. The van der Waals surface area contributed by atoms with Gasteiger partial charge in [-0.15, -0.1) is 0 Å². The summed E-state index contributed by atoms with van der Waals surface area (Å²) in [4.78, 5) is 8.71. The van der Waals surface area contributed by atoms with E-state index in [0.29, 0.717) is 27.8 Å². The first kappa shape index (κ1) is 12.6. The molecule has 0 spiro atoms. The number of nitrogens with zero attached hydrogens (tertiary/aromatic N) is 3. The van der Waals surface area contributed by atoms with E-state index < -0.39 is 0 Å². The molecule has 3 aromatic heterocycles. The Balaban J connectivity index is 2.15. The molecule has 5 heteroatoms. The second kappa shape index (κ2) is 5.27. The molecule has 0 radical (unpaired) electrons. The minimum atomic E-state index is 0.451. The summed E-state index contributed by atoms with van der Waals surface area (Å²) in [5.74, 6) is 0. The van der Waals surface area contributed by atoms with E-state index in [2.05, 4.69) is 9.97 Å². The van der Waals surface area contributed by atoms with Crippen LogP contribution in [-0.4, -0.2) is 9.97 Å². The number of aromatic nitrogens is 3. The Morgan fingerprint density at radius 2 is 1.75 bits per heavy atom. The van der Waals surface area contributed by atoms with E-state index in [9.17, 15) is 5.21 Å². The number of hydrogen-bond acceptors (Lipinski definition) is 3. The summed E-state index contributed by atoms with van der Waals surface area (Å²) in [6, 6.07) is 14.1. The molecule has 0 saturated carbocycles. The minimum Gasteiger partial charge on any atom is -0.618 e. The lowest BCUT2D eigenvalue weighted by Crippen LogP contribution is -2.28. The van der Waals surface area contributed by atoms with Crippen molar-refractivity contribution < 1.29 is 4.73 Å². The van der Waals surface area contributed by atoms with Gasteiger partial charge in [-0.05, 0) is 30.3 Å². The Hall–Kier alpha value is -2.46. The van der Waals surface area contributed by atoms with Gasteiger partial charge in [0.15, 0.2) is 6.20 Å². The van der Waals surface area contributed by atoms with Crippen molar-refractivity contribution in [3.05, 3.63) is 71.2 Å². The van der Waals surface area contributed by atoms with E-state index in [1.54, 1.807) is 36.5 Å². The zero-order valence-corrected chi connectivity index (χ0v) is 11.2. The molecule has 20 heavy (non-hydrogen) atoms. The Morgan fingerprint density at radius 3 is 2.50 bits per heavy atom. The molecule has 0 N–H and O–H groups in total. The fourth-order valence-electron chi connectivity index (χ4n) is 1.90. The highest BCUT2D eigenvalue weighted by Crippen LogP contribution is 2.24. The van der Waals surface area contributed by atoms with Crippen LogP contribution in [0.25, 0.3) is 22.8 Å². The third-order valence-electron chi connectivity index (χ3n) is 2.80. The van der Waals surface area contributed by atoms with Gasteiger partial charge in [-0.25, -0.2) is 4.98 Å². The second-order valence-electron chi connectivity index (χ2n) is 4.18. The maximum atomic E-state index is 11.8. The number of rotatable bonds is 2. The molecular formula is C15H10ClN3O. The summed E-state index contributed by atoms with van der Waals surface area (Å²) in [6.45, 7) is 0. The number of halogens is 1. The molecular weight excluding hydrogens is 274 g/mol. The monoisotopic (exact) mass is 283 g/mol. The van der Waals surface area contributed by atoms with Crippen molar-refractivity contribution in [3.8, 4) is 22.8 Å². The van der Waals surface area contributed by atoms with Gasteiger partial charge in [0.2, 0.25) is 5.69 Å². The lowest BCUT2D eigenvalue weighted by Gasteiger charge is -2.06. The van der Waals surface area contributed by atoms with Crippen molar-refractivity contribution in [2.24, 2.45) is 0 Å². The van der Waals surface area contributed by atoms with Crippen molar-refractivity contribution in [2.45, 2.75) is 0 Å². The molecule has 3 heterocycles. The molecule has 98 valence electrons. The van der Waals surface area contributed by atoms with Gasteiger partial charge in [0.1, 0.15) is 5.69 Å². The molecule has 0 aliphatic carbocycles. The van der Waals surface area contributed by atoms with E-state index in [0.717, 1.165) is 4.73 Å². The fraction of sp³-hybridized carbons (Fsp3) is 0. The van der Waals surface area contributed by atoms with Gasteiger partial charge in [-0.3, -0.25) is 4.98 Å². The lowest BCUT2D eigenvalue weighted by atomic mass is 10.2. The molecule has 0 aliphatic rings. The summed E-state index contributed by atoms with van der Waals surface area (Å²) in [5, 5.41) is 12.3. The van der Waals surface area contributed by atoms with E-state index in [1.165, 1.54) is 6.20 Å². The molecule has 3 aromatic rings. The summed E-state index contributed by atoms with van der Waals surface area (Å²) in [6.07, 6.45) is 3.12. The summed E-state index contributed by atoms with van der Waals surface area (Å²) < 4.78 is 0.765. The zero-order chi connectivity index (χ0) is 13.9. The average molecular weight is 284 g/mol. The van der Waals surface area contributed by atoms with Crippen molar-refractivity contribution in [1.82, 2.24) is 9.97 Å². The molecule has 0 aromatic carbocycles. The smallest absolute Gasteiger partial charge is 0.242 e. The van der Waals surface area contributed by atoms with Gasteiger partial charge in [0, 0.05) is 23.4 Å². The van der Waals surface area contributed by atoms with Crippen molar-refractivity contribution in [1.29, 1.82) is 0 Å². The van der Waals surface area contributed by atoms with Crippen LogP contribution in [0.3, 0.4) is 0 Å². The predicted octanol–water partition coefficient (Wildman–Crippen LogP) is 3.10. The van der Waals surface area contributed by atoms with Gasteiger partial charge < -0.3 is 5.21 Å². The largest absolute Gasteiger partial charge is 0.618 e. The van der Waals surface area contributed by atoms with E-state index in [-0.39, 0.29) is 0 Å². The SMILES string of the molecule is [O-][n+]1ccccc1-c1cc(Cl)cc(-c2ccccn2)n1. The van der Waals surface area contributed by atoms with Gasteiger partial charge in [0.05, 0.1) is 11.4 Å². The second-order valence-corrected chi connectivity index (χ2v) is 4.62. The maximum Gasteiger partial charge on any atom is 0.242 e. The topological polar surface area (TPSA) is 52.7 Å². The van der Waals surface area contributed by atoms with Crippen LogP contribution in [0.1, 0.15) is 0 Å². The normalized spacial score (nSPS) is 10.4. The van der Waals surface area contributed by atoms with Crippen LogP contribution in [0.2, 0.25) is 5.02 Å². The summed E-state index contributed by atoms with van der Waals surface area (Å²) in [7, 11) is 0. The molecule has 3 rings (SSSR count). The van der Waals surface area contributed by atoms with Gasteiger partial charge >= 0.3 is 0 Å². The van der Waals surface area contributed by atoms with Crippen molar-refractivity contribution in [2.75, 3.05) is 0 Å². The van der Waals surface area contributed by atoms with Crippen molar-refractivity contribution >= 4 is 11.6 Å². The van der Waals surface area contributed by atoms with Crippen LogP contribution in [0.15, 0.2) is 60.9 Å². The Morgan fingerprint density at radius 1 is 0.950 bits per heavy atom. The van der Waals surface area contributed by atoms with Gasteiger partial charge in [-0.2, -0.15) is 4.73 Å². The van der Waals surface area contributed by atoms with Gasteiger partial charge in [0.25, 0.3) is 0 Å². The molecule has 4 nitrogen and oxygen atoms in total. The van der Waals surface area contributed by atoms with E-state index in [1.807, 2.05) is 18.2 Å². The first-order chi connectivity index (χ1) is 9.74. The third-order valence-corrected chi connectivity index (χ3v) is 3.02. The first-order valence-electron chi connectivity index (χ1n) is 6.01. The first-order valence-corrected chi connectivity index (χ1v) is 6.39. The predicted molar refractivity (Wildman–Crippen MR) is 76.9 cm³/mol. The maximum absolute atomic E-state index is 11.8. The highest BCUT2D eigenvalue weighted by molar-refractivity contribution is 6.31. The summed E-state index contributed by atoms with van der Waals surface area (Å²) in [5.41, 5.74) is 2.32. The van der Waals surface area contributed by atoms with Crippen LogP contribution >= 0.6 is 11.6 Å². The van der Waals surface area contributed by atoms with E-state index >= 15 is 0 Å². The van der Waals surface area contributed by atoms with Crippen LogP contribution in [0.5, 0.6) is 0 Å². The van der Waals surface area contributed by atoms with Crippen LogP contribution in [0, 0.1) is 5.21 Å². The Kier molecular flexibility index (Phi) is 3.31. The molecule has 0 amide bonds. The number of pyridine rings is 3. The van der Waals surface area contributed by atoms with Crippen LogP contribution in [-0.2, 0) is 0 Å². The quantitative estimate of drug-likeness (QED) is 0.536. The molecule has 0 fully saturated rings. The average Bonchev–Trinajstić information content (AvgIpc) is 2.48. The van der Waals surface area contributed by atoms with Gasteiger partial charge in [-0.1, -0.05) is 17.7 Å². The zero-order valence-electron chi connectivity index (χ0n) is 10.4. The van der Waals surface area contributed by atoms with Crippen molar-refractivity contribution in [3.63, 3.8) is 0 Å².